The minimum absolute atomic E-state index is 0.306. The first-order valence-electron chi connectivity index (χ1n) is 13.5. The Balaban J connectivity index is 1.32. The Morgan fingerprint density at radius 1 is 0.732 bits per heavy atom. The summed E-state index contributed by atoms with van der Waals surface area (Å²) >= 11 is 3.42. The molecule has 2 saturated heterocycles. The van der Waals surface area contributed by atoms with E-state index in [-0.39, 0.29) is 11.8 Å². The van der Waals surface area contributed by atoms with Crippen molar-refractivity contribution in [1.82, 2.24) is 0 Å². The SMILES string of the molecule is O=C(OC(c1ccccc1)c1ccccc1)[C@@H]1[C@@H]2C(=O)N(c3ccc(Br)cc3)C(=O)[C@@H]2[C@@H]2C=Cc3ccccc3N12. The van der Waals surface area contributed by atoms with Crippen LogP contribution in [0.5, 0.6) is 0 Å². The number of halogens is 1. The minimum atomic E-state index is -0.983. The number of ether oxygens (including phenoxy) is 1. The molecule has 3 aliphatic rings. The molecule has 41 heavy (non-hydrogen) atoms. The van der Waals surface area contributed by atoms with E-state index in [1.54, 1.807) is 24.3 Å². The highest BCUT2D eigenvalue weighted by atomic mass is 79.9. The first-order chi connectivity index (χ1) is 20.0. The smallest absolute Gasteiger partial charge is 0.330 e. The third-order valence-corrected chi connectivity index (χ3v) is 8.71. The number of carbonyl (C=O) groups is 3. The lowest BCUT2D eigenvalue weighted by atomic mass is 9.88. The second-order valence-electron chi connectivity index (χ2n) is 10.4. The zero-order valence-corrected chi connectivity index (χ0v) is 23.4. The highest BCUT2D eigenvalue weighted by Crippen LogP contribution is 2.49. The maximum absolute atomic E-state index is 14.4. The molecule has 3 aliphatic heterocycles. The molecular weight excluding hydrogens is 580 g/mol. The second kappa shape index (κ2) is 10.2. The van der Waals surface area contributed by atoms with Gasteiger partial charge in [0, 0.05) is 10.2 Å². The lowest BCUT2D eigenvalue weighted by molar-refractivity contribution is -0.151. The molecule has 0 N–H and O–H groups in total. The number of benzene rings is 4. The molecule has 3 heterocycles. The van der Waals surface area contributed by atoms with E-state index >= 15 is 0 Å². The molecule has 0 bridgehead atoms. The number of para-hydroxylation sites is 1. The van der Waals surface area contributed by atoms with Gasteiger partial charge in [-0.3, -0.25) is 9.59 Å². The Bertz CT molecular complexity index is 1630. The zero-order valence-electron chi connectivity index (χ0n) is 21.8. The van der Waals surface area contributed by atoms with Crippen molar-refractivity contribution in [3.05, 3.63) is 136 Å². The quantitative estimate of drug-likeness (QED) is 0.201. The van der Waals surface area contributed by atoms with Crippen LogP contribution in [0.1, 0.15) is 22.8 Å². The molecule has 4 aromatic rings. The van der Waals surface area contributed by atoms with Gasteiger partial charge in [0.05, 0.1) is 23.6 Å². The molecule has 0 unspecified atom stereocenters. The fraction of sp³-hybridized carbons (Fsp3) is 0.147. The lowest BCUT2D eigenvalue weighted by Crippen LogP contribution is -2.49. The molecule has 2 fully saturated rings. The molecule has 202 valence electrons. The highest BCUT2D eigenvalue weighted by molar-refractivity contribution is 9.10. The first-order valence-corrected chi connectivity index (χ1v) is 14.3. The Kier molecular flexibility index (Phi) is 6.31. The zero-order chi connectivity index (χ0) is 28.1. The summed E-state index contributed by atoms with van der Waals surface area (Å²) in [6.45, 7) is 0. The summed E-state index contributed by atoms with van der Waals surface area (Å²) < 4.78 is 7.17. The molecule has 0 spiro atoms. The van der Waals surface area contributed by atoms with E-state index < -0.39 is 36.0 Å². The van der Waals surface area contributed by atoms with Crippen LogP contribution in [-0.2, 0) is 19.1 Å². The largest absolute Gasteiger partial charge is 0.451 e. The Labute approximate surface area is 246 Å². The maximum atomic E-state index is 14.4. The van der Waals surface area contributed by atoms with Crippen molar-refractivity contribution in [2.24, 2.45) is 11.8 Å². The number of fused-ring (bicyclic) bond motifs is 5. The highest BCUT2D eigenvalue weighted by Gasteiger charge is 2.65. The number of amides is 2. The lowest BCUT2D eigenvalue weighted by Gasteiger charge is -2.36. The monoisotopic (exact) mass is 604 g/mol. The van der Waals surface area contributed by atoms with Gasteiger partial charge in [-0.25, -0.2) is 9.69 Å². The van der Waals surface area contributed by atoms with E-state index in [9.17, 15) is 14.4 Å². The van der Waals surface area contributed by atoms with Crippen molar-refractivity contribution in [2.45, 2.75) is 18.2 Å². The van der Waals surface area contributed by atoms with Gasteiger partial charge in [-0.15, -0.1) is 0 Å². The summed E-state index contributed by atoms with van der Waals surface area (Å²) in [5, 5.41) is 0. The molecular formula is C34H25BrN2O4. The summed E-state index contributed by atoms with van der Waals surface area (Å²) in [5.41, 5.74) is 3.87. The molecule has 0 aliphatic carbocycles. The van der Waals surface area contributed by atoms with Crippen molar-refractivity contribution < 1.29 is 19.1 Å². The van der Waals surface area contributed by atoms with E-state index in [4.69, 9.17) is 4.74 Å². The van der Waals surface area contributed by atoms with E-state index in [0.29, 0.717) is 5.69 Å². The van der Waals surface area contributed by atoms with Crippen molar-refractivity contribution >= 4 is 51.2 Å². The molecule has 4 aromatic carbocycles. The number of carbonyl (C=O) groups excluding carboxylic acids is 3. The van der Waals surface area contributed by atoms with Crippen molar-refractivity contribution in [3.63, 3.8) is 0 Å². The predicted molar refractivity (Wildman–Crippen MR) is 160 cm³/mol. The Hall–Kier alpha value is -4.49. The van der Waals surface area contributed by atoms with Gasteiger partial charge in [-0.1, -0.05) is 107 Å². The van der Waals surface area contributed by atoms with Gasteiger partial charge < -0.3 is 9.64 Å². The minimum Gasteiger partial charge on any atom is -0.451 e. The third kappa shape index (κ3) is 4.19. The Morgan fingerprint density at radius 3 is 1.98 bits per heavy atom. The van der Waals surface area contributed by atoms with Gasteiger partial charge in [0.1, 0.15) is 6.04 Å². The van der Waals surface area contributed by atoms with E-state index in [0.717, 1.165) is 26.9 Å². The van der Waals surface area contributed by atoms with Crippen molar-refractivity contribution in [1.29, 1.82) is 0 Å². The summed E-state index contributed by atoms with van der Waals surface area (Å²) in [6, 6.07) is 32.5. The van der Waals surface area contributed by atoms with Crippen LogP contribution in [0, 0.1) is 11.8 Å². The van der Waals surface area contributed by atoms with Crippen LogP contribution >= 0.6 is 15.9 Å². The van der Waals surface area contributed by atoms with Crippen molar-refractivity contribution in [3.8, 4) is 0 Å². The molecule has 7 heteroatoms. The summed E-state index contributed by atoms with van der Waals surface area (Å²) in [7, 11) is 0. The number of hydrogen-bond acceptors (Lipinski definition) is 5. The van der Waals surface area contributed by atoms with Crippen LogP contribution in [0.3, 0.4) is 0 Å². The van der Waals surface area contributed by atoms with Gasteiger partial charge >= 0.3 is 5.97 Å². The average Bonchev–Trinajstić information content (AvgIpc) is 3.49. The van der Waals surface area contributed by atoms with Crippen LogP contribution in [0.25, 0.3) is 6.08 Å². The molecule has 0 radical (unpaired) electrons. The maximum Gasteiger partial charge on any atom is 0.330 e. The average molecular weight is 605 g/mol. The van der Waals surface area contributed by atoms with Gasteiger partial charge in [0.15, 0.2) is 6.10 Å². The fourth-order valence-corrected chi connectivity index (χ4v) is 6.66. The summed E-state index contributed by atoms with van der Waals surface area (Å²) in [4.78, 5) is 45.6. The summed E-state index contributed by atoms with van der Waals surface area (Å²) in [5.74, 6) is -2.85. The van der Waals surface area contributed by atoms with Crippen LogP contribution in [0.2, 0.25) is 0 Å². The number of anilines is 2. The number of nitrogens with zero attached hydrogens (tertiary/aromatic N) is 2. The van der Waals surface area contributed by atoms with Crippen molar-refractivity contribution in [2.75, 3.05) is 9.80 Å². The standard InChI is InChI=1S/C34H25BrN2O4/c35-24-16-18-25(19-17-24)36-32(38)28-27-20-15-21-9-7-8-14-26(21)37(27)30(29(28)33(36)39)34(40)41-31(22-10-3-1-4-11-22)23-12-5-2-6-13-23/h1-20,27-31H/t27-,28+,29+,30-/m0/s1. The molecule has 2 amide bonds. The van der Waals surface area contributed by atoms with Gasteiger partial charge in [0.2, 0.25) is 11.8 Å². The van der Waals surface area contributed by atoms with Crippen LogP contribution in [0.15, 0.2) is 120 Å². The van der Waals surface area contributed by atoms with E-state index in [1.807, 2.05) is 102 Å². The third-order valence-electron chi connectivity index (χ3n) is 8.18. The van der Waals surface area contributed by atoms with Crippen LogP contribution in [0.4, 0.5) is 11.4 Å². The molecule has 0 aromatic heterocycles. The number of imide groups is 1. The summed E-state index contributed by atoms with van der Waals surface area (Å²) in [6.07, 6.45) is 3.24. The second-order valence-corrected chi connectivity index (χ2v) is 11.4. The normalized spacial score (nSPS) is 22.5. The predicted octanol–water partition coefficient (Wildman–Crippen LogP) is 6.17. The van der Waals surface area contributed by atoms with E-state index in [1.165, 1.54) is 4.90 Å². The van der Waals surface area contributed by atoms with Crippen LogP contribution in [-0.4, -0.2) is 29.9 Å². The number of rotatable bonds is 5. The number of esters is 1. The van der Waals surface area contributed by atoms with E-state index in [2.05, 4.69) is 15.9 Å². The fourth-order valence-electron chi connectivity index (χ4n) is 6.40. The first kappa shape index (κ1) is 25.5. The van der Waals surface area contributed by atoms with Gasteiger partial charge in [0.25, 0.3) is 0 Å². The molecule has 4 atom stereocenters. The molecule has 6 nitrogen and oxygen atoms in total. The van der Waals surface area contributed by atoms with Gasteiger partial charge in [-0.05, 0) is 47.0 Å². The number of hydrogen-bond donors (Lipinski definition) is 0. The van der Waals surface area contributed by atoms with Gasteiger partial charge in [-0.2, -0.15) is 0 Å². The molecule has 0 saturated carbocycles. The Morgan fingerprint density at radius 2 is 1.32 bits per heavy atom. The molecule has 7 rings (SSSR count). The topological polar surface area (TPSA) is 66.9 Å². The van der Waals surface area contributed by atoms with Crippen LogP contribution < -0.4 is 9.80 Å².